The third-order valence-electron chi connectivity index (χ3n) is 3.54. The molecule has 2 aromatic rings. The van der Waals surface area contributed by atoms with E-state index in [0.717, 1.165) is 18.4 Å². The van der Waals surface area contributed by atoms with Gasteiger partial charge in [-0.2, -0.15) is 0 Å². The maximum atomic E-state index is 12.1. The van der Waals surface area contributed by atoms with E-state index in [2.05, 4.69) is 10.3 Å². The first-order chi connectivity index (χ1) is 11.3. The summed E-state index contributed by atoms with van der Waals surface area (Å²) in [6.07, 6.45) is 5.62. The number of aromatic nitrogens is 1. The minimum absolute atomic E-state index is 0.0627. The molecule has 0 radical (unpaired) electrons. The van der Waals surface area contributed by atoms with E-state index >= 15 is 0 Å². The molecule has 3 rings (SSSR count). The highest BCUT2D eigenvalue weighted by molar-refractivity contribution is 5.95. The van der Waals surface area contributed by atoms with Crippen LogP contribution in [0.25, 0.3) is 0 Å². The summed E-state index contributed by atoms with van der Waals surface area (Å²) in [6, 6.07) is 9.43. The van der Waals surface area contributed by atoms with Gasteiger partial charge in [0.2, 0.25) is 0 Å². The third-order valence-corrected chi connectivity index (χ3v) is 3.54. The molecule has 0 unspecified atom stereocenters. The second-order valence-electron chi connectivity index (χ2n) is 5.49. The van der Waals surface area contributed by atoms with Crippen LogP contribution >= 0.6 is 0 Å². The van der Waals surface area contributed by atoms with Gasteiger partial charge in [0.25, 0.3) is 5.91 Å². The Hall–Kier alpha value is -2.56. The van der Waals surface area contributed by atoms with Crippen LogP contribution in [0.3, 0.4) is 0 Å². The lowest BCUT2D eigenvalue weighted by molar-refractivity contribution is 0.0950. The first kappa shape index (κ1) is 15.3. The SMILES string of the molecule is CCOc1cc(C(=O)NC2CC2)ccc1OCc1cccnc1. The number of nitrogens with zero attached hydrogens (tertiary/aromatic N) is 1. The fraction of sp³-hybridized carbons (Fsp3) is 0.333. The van der Waals surface area contributed by atoms with E-state index in [1.165, 1.54) is 0 Å². The summed E-state index contributed by atoms with van der Waals surface area (Å²) in [5, 5.41) is 2.97. The fourth-order valence-corrected chi connectivity index (χ4v) is 2.18. The molecule has 5 nitrogen and oxygen atoms in total. The first-order valence-corrected chi connectivity index (χ1v) is 7.85. The highest BCUT2D eigenvalue weighted by Crippen LogP contribution is 2.29. The van der Waals surface area contributed by atoms with Crippen molar-refractivity contribution in [2.75, 3.05) is 6.61 Å². The molecule has 1 aliphatic carbocycles. The van der Waals surface area contributed by atoms with Gasteiger partial charge in [-0.05, 0) is 44.0 Å². The van der Waals surface area contributed by atoms with Gasteiger partial charge in [-0.1, -0.05) is 6.07 Å². The van der Waals surface area contributed by atoms with Gasteiger partial charge in [-0.25, -0.2) is 0 Å². The molecule has 1 saturated carbocycles. The second kappa shape index (κ2) is 7.13. The van der Waals surface area contributed by atoms with Crippen molar-refractivity contribution >= 4 is 5.91 Å². The molecule has 1 fully saturated rings. The van der Waals surface area contributed by atoms with E-state index in [4.69, 9.17) is 9.47 Å². The minimum atomic E-state index is -0.0627. The fourth-order valence-electron chi connectivity index (χ4n) is 2.18. The molecule has 0 aliphatic heterocycles. The summed E-state index contributed by atoms with van der Waals surface area (Å²) >= 11 is 0. The lowest BCUT2D eigenvalue weighted by Crippen LogP contribution is -2.25. The van der Waals surface area contributed by atoms with Crippen LogP contribution in [0.1, 0.15) is 35.7 Å². The largest absolute Gasteiger partial charge is 0.490 e. The van der Waals surface area contributed by atoms with Gasteiger partial charge in [0, 0.05) is 29.6 Å². The molecule has 1 N–H and O–H groups in total. The van der Waals surface area contributed by atoms with Crippen LogP contribution in [0.15, 0.2) is 42.7 Å². The van der Waals surface area contributed by atoms with Gasteiger partial charge >= 0.3 is 0 Å². The molecule has 5 heteroatoms. The van der Waals surface area contributed by atoms with Gasteiger partial charge < -0.3 is 14.8 Å². The number of hydrogen-bond donors (Lipinski definition) is 1. The van der Waals surface area contributed by atoms with Crippen molar-refractivity contribution in [2.24, 2.45) is 0 Å². The zero-order chi connectivity index (χ0) is 16.1. The van der Waals surface area contributed by atoms with Crippen molar-refractivity contribution in [3.05, 3.63) is 53.9 Å². The molecule has 23 heavy (non-hydrogen) atoms. The quantitative estimate of drug-likeness (QED) is 0.854. The predicted octanol–water partition coefficient (Wildman–Crippen LogP) is 2.95. The molecule has 1 heterocycles. The molecule has 0 atom stereocenters. The number of ether oxygens (including phenoxy) is 2. The second-order valence-corrected chi connectivity index (χ2v) is 5.49. The summed E-state index contributed by atoms with van der Waals surface area (Å²) in [7, 11) is 0. The summed E-state index contributed by atoms with van der Waals surface area (Å²) in [5.41, 5.74) is 1.57. The zero-order valence-corrected chi connectivity index (χ0v) is 13.1. The molecule has 0 spiro atoms. The highest BCUT2D eigenvalue weighted by Gasteiger charge is 2.24. The molecular weight excluding hydrogens is 292 g/mol. The molecule has 120 valence electrons. The molecular formula is C18H20N2O3. The van der Waals surface area contributed by atoms with Crippen molar-refractivity contribution < 1.29 is 14.3 Å². The van der Waals surface area contributed by atoms with Crippen LogP contribution in [0.5, 0.6) is 11.5 Å². The van der Waals surface area contributed by atoms with Crippen LogP contribution < -0.4 is 14.8 Å². The van der Waals surface area contributed by atoms with Gasteiger partial charge in [0.05, 0.1) is 6.61 Å². The molecule has 1 aliphatic rings. The maximum Gasteiger partial charge on any atom is 0.251 e. The van der Waals surface area contributed by atoms with Crippen LogP contribution in [-0.4, -0.2) is 23.5 Å². The van der Waals surface area contributed by atoms with Crippen molar-refractivity contribution in [3.63, 3.8) is 0 Å². The number of rotatable bonds is 7. The zero-order valence-electron chi connectivity index (χ0n) is 13.1. The Labute approximate surface area is 135 Å². The van der Waals surface area contributed by atoms with Crippen LogP contribution in [0.2, 0.25) is 0 Å². The molecule has 0 saturated heterocycles. The van der Waals surface area contributed by atoms with Crippen LogP contribution in [0.4, 0.5) is 0 Å². The lowest BCUT2D eigenvalue weighted by Gasteiger charge is -2.13. The smallest absolute Gasteiger partial charge is 0.251 e. The van der Waals surface area contributed by atoms with Crippen LogP contribution in [0, 0.1) is 0 Å². The number of nitrogens with one attached hydrogen (secondary N) is 1. The summed E-state index contributed by atoms with van der Waals surface area (Å²) in [6.45, 7) is 2.82. The molecule has 0 bridgehead atoms. The van der Waals surface area contributed by atoms with E-state index in [1.807, 2.05) is 19.1 Å². The number of pyridine rings is 1. The van der Waals surface area contributed by atoms with Gasteiger partial charge in [-0.3, -0.25) is 9.78 Å². The summed E-state index contributed by atoms with van der Waals surface area (Å²) in [5.74, 6) is 1.14. The Bertz CT molecular complexity index is 669. The lowest BCUT2D eigenvalue weighted by atomic mass is 10.2. The Kier molecular flexibility index (Phi) is 4.76. The third kappa shape index (κ3) is 4.22. The molecule has 1 amide bonds. The highest BCUT2D eigenvalue weighted by atomic mass is 16.5. The standard InChI is InChI=1S/C18H20N2O3/c1-2-22-17-10-14(18(21)20-15-6-7-15)5-8-16(17)23-12-13-4-3-9-19-11-13/h3-5,8-11,15H,2,6-7,12H2,1H3,(H,20,21). The average Bonchev–Trinajstić information content (AvgIpc) is 3.39. The van der Waals surface area contributed by atoms with Crippen molar-refractivity contribution in [2.45, 2.75) is 32.4 Å². The van der Waals surface area contributed by atoms with Gasteiger partial charge in [0.15, 0.2) is 11.5 Å². The number of hydrogen-bond acceptors (Lipinski definition) is 4. The molecule has 1 aromatic heterocycles. The van der Waals surface area contributed by atoms with E-state index in [1.54, 1.807) is 30.6 Å². The van der Waals surface area contributed by atoms with Gasteiger partial charge in [0.1, 0.15) is 6.61 Å². The first-order valence-electron chi connectivity index (χ1n) is 7.85. The predicted molar refractivity (Wildman–Crippen MR) is 86.7 cm³/mol. The average molecular weight is 312 g/mol. The maximum absolute atomic E-state index is 12.1. The Morgan fingerprint density at radius 1 is 1.26 bits per heavy atom. The number of benzene rings is 1. The topological polar surface area (TPSA) is 60.5 Å². The van der Waals surface area contributed by atoms with Crippen LogP contribution in [-0.2, 0) is 6.61 Å². The van der Waals surface area contributed by atoms with E-state index in [0.29, 0.717) is 36.3 Å². The summed E-state index contributed by atoms with van der Waals surface area (Å²) in [4.78, 5) is 16.2. The van der Waals surface area contributed by atoms with Crippen molar-refractivity contribution in [3.8, 4) is 11.5 Å². The van der Waals surface area contributed by atoms with E-state index in [9.17, 15) is 4.79 Å². The molecule has 1 aromatic carbocycles. The number of carbonyl (C=O) groups is 1. The van der Waals surface area contributed by atoms with Crippen molar-refractivity contribution in [1.29, 1.82) is 0 Å². The van der Waals surface area contributed by atoms with Crippen molar-refractivity contribution in [1.82, 2.24) is 10.3 Å². The number of carbonyl (C=O) groups excluding carboxylic acids is 1. The minimum Gasteiger partial charge on any atom is -0.490 e. The van der Waals surface area contributed by atoms with E-state index in [-0.39, 0.29) is 5.91 Å². The summed E-state index contributed by atoms with van der Waals surface area (Å²) < 4.78 is 11.4. The monoisotopic (exact) mass is 312 g/mol. The normalized spacial score (nSPS) is 13.4. The number of amides is 1. The van der Waals surface area contributed by atoms with E-state index < -0.39 is 0 Å². The van der Waals surface area contributed by atoms with Gasteiger partial charge in [-0.15, -0.1) is 0 Å². The Balaban J connectivity index is 1.72. The Morgan fingerprint density at radius 3 is 2.83 bits per heavy atom. The Morgan fingerprint density at radius 2 is 2.13 bits per heavy atom.